The maximum absolute atomic E-state index is 12.2. The minimum Gasteiger partial charge on any atom is -0.494 e. The second-order valence-corrected chi connectivity index (χ2v) is 6.00. The molecule has 1 heterocycles. The van der Waals surface area contributed by atoms with Crippen LogP contribution >= 0.6 is 0 Å². The quantitative estimate of drug-likeness (QED) is 0.844. The Morgan fingerprint density at radius 3 is 2.82 bits per heavy atom. The molecule has 0 spiro atoms. The molecule has 5 heteroatoms. The highest BCUT2D eigenvalue weighted by molar-refractivity contribution is 5.92. The molecular formula is C17H27N3O2. The summed E-state index contributed by atoms with van der Waals surface area (Å²) in [4.78, 5) is 14.3. The summed E-state index contributed by atoms with van der Waals surface area (Å²) in [6.45, 7) is 6.95. The number of carbonyl (C=O) groups is 1. The molecule has 0 aromatic heterocycles. The maximum Gasteiger partial charge on any atom is 0.238 e. The van der Waals surface area contributed by atoms with Crippen molar-refractivity contribution in [2.45, 2.75) is 32.7 Å². The third kappa shape index (κ3) is 5.00. The summed E-state index contributed by atoms with van der Waals surface area (Å²) in [6, 6.07) is 7.66. The maximum atomic E-state index is 12.2. The number of nitrogens with one attached hydrogen (secondary N) is 1. The summed E-state index contributed by atoms with van der Waals surface area (Å²) in [5, 5.41) is 2.94. The molecule has 122 valence electrons. The van der Waals surface area contributed by atoms with Gasteiger partial charge in [-0.1, -0.05) is 0 Å². The van der Waals surface area contributed by atoms with Gasteiger partial charge in [0.2, 0.25) is 5.91 Å². The Balaban J connectivity index is 1.82. The van der Waals surface area contributed by atoms with Crippen molar-refractivity contribution >= 4 is 11.6 Å². The van der Waals surface area contributed by atoms with Crippen molar-refractivity contribution in [1.29, 1.82) is 0 Å². The Labute approximate surface area is 132 Å². The Bertz CT molecular complexity index is 473. The number of amides is 1. The topological polar surface area (TPSA) is 67.6 Å². The van der Waals surface area contributed by atoms with Crippen molar-refractivity contribution in [3.05, 3.63) is 24.3 Å². The fourth-order valence-corrected chi connectivity index (χ4v) is 2.87. The van der Waals surface area contributed by atoms with Crippen molar-refractivity contribution in [2.24, 2.45) is 11.7 Å². The van der Waals surface area contributed by atoms with E-state index < -0.39 is 0 Å². The Kier molecular flexibility index (Phi) is 6.21. The average molecular weight is 305 g/mol. The van der Waals surface area contributed by atoms with Gasteiger partial charge in [-0.25, -0.2) is 0 Å². The van der Waals surface area contributed by atoms with E-state index in [1.807, 2.05) is 38.1 Å². The first-order valence-corrected chi connectivity index (χ1v) is 8.09. The monoisotopic (exact) mass is 305 g/mol. The second kappa shape index (κ2) is 8.15. The predicted molar refractivity (Wildman–Crippen MR) is 89.1 cm³/mol. The van der Waals surface area contributed by atoms with Crippen LogP contribution in [0.4, 0.5) is 5.69 Å². The number of piperidine rings is 1. The van der Waals surface area contributed by atoms with E-state index in [0.29, 0.717) is 19.1 Å². The number of anilines is 1. The van der Waals surface area contributed by atoms with Crippen molar-refractivity contribution in [3.8, 4) is 5.75 Å². The van der Waals surface area contributed by atoms with Crippen molar-refractivity contribution in [3.63, 3.8) is 0 Å². The van der Waals surface area contributed by atoms with Crippen molar-refractivity contribution in [1.82, 2.24) is 4.90 Å². The van der Waals surface area contributed by atoms with Crippen LogP contribution in [0.2, 0.25) is 0 Å². The minimum atomic E-state index is 0.0227. The van der Waals surface area contributed by atoms with Gasteiger partial charge >= 0.3 is 0 Å². The van der Waals surface area contributed by atoms with Gasteiger partial charge in [-0.05, 0) is 63.4 Å². The molecular weight excluding hydrogens is 278 g/mol. The Morgan fingerprint density at radius 2 is 2.18 bits per heavy atom. The molecule has 0 bridgehead atoms. The van der Waals surface area contributed by atoms with Crippen LogP contribution in [0.25, 0.3) is 0 Å². The summed E-state index contributed by atoms with van der Waals surface area (Å²) in [6.07, 6.45) is 2.28. The summed E-state index contributed by atoms with van der Waals surface area (Å²) in [7, 11) is 0. The third-order valence-electron chi connectivity index (χ3n) is 4.10. The molecule has 1 amide bonds. The van der Waals surface area contributed by atoms with Gasteiger partial charge in [-0.2, -0.15) is 0 Å². The highest BCUT2D eigenvalue weighted by atomic mass is 16.5. The molecule has 1 aromatic carbocycles. The molecule has 2 atom stereocenters. The molecule has 1 aliphatic rings. The standard InChI is InChI=1S/C17H27N3O2/c1-3-22-16-8-6-15(7-9-16)19-17(21)12-20-10-4-5-14(11-20)13(2)18/h6-9,13-14H,3-5,10-12,18H2,1-2H3,(H,19,21). The van der Waals surface area contributed by atoms with Gasteiger partial charge < -0.3 is 15.8 Å². The lowest BCUT2D eigenvalue weighted by Gasteiger charge is -2.34. The highest BCUT2D eigenvalue weighted by Crippen LogP contribution is 2.19. The fraction of sp³-hybridized carbons (Fsp3) is 0.588. The molecule has 1 fully saturated rings. The van der Waals surface area contributed by atoms with Crippen LogP contribution in [0, 0.1) is 5.92 Å². The molecule has 3 N–H and O–H groups in total. The number of rotatable bonds is 6. The first-order valence-electron chi connectivity index (χ1n) is 8.09. The molecule has 1 saturated heterocycles. The predicted octanol–water partition coefficient (Wildman–Crippen LogP) is 2.08. The van der Waals surface area contributed by atoms with Gasteiger partial charge in [0.25, 0.3) is 0 Å². The summed E-state index contributed by atoms with van der Waals surface area (Å²) < 4.78 is 5.39. The van der Waals surface area contributed by atoms with Crippen LogP contribution in [-0.4, -0.2) is 43.1 Å². The molecule has 22 heavy (non-hydrogen) atoms. The van der Waals surface area contributed by atoms with E-state index >= 15 is 0 Å². The van der Waals surface area contributed by atoms with Crippen molar-refractivity contribution < 1.29 is 9.53 Å². The minimum absolute atomic E-state index is 0.0227. The average Bonchev–Trinajstić information content (AvgIpc) is 2.49. The molecule has 1 aromatic rings. The number of nitrogens with two attached hydrogens (primary N) is 1. The van der Waals surface area contributed by atoms with E-state index in [4.69, 9.17) is 10.5 Å². The van der Waals surface area contributed by atoms with Crippen LogP contribution in [-0.2, 0) is 4.79 Å². The van der Waals surface area contributed by atoms with Gasteiger partial charge in [0.05, 0.1) is 13.2 Å². The normalized spacial score (nSPS) is 20.4. The molecule has 0 radical (unpaired) electrons. The summed E-state index contributed by atoms with van der Waals surface area (Å²) in [5.41, 5.74) is 6.78. The lowest BCUT2D eigenvalue weighted by molar-refractivity contribution is -0.117. The zero-order valence-electron chi connectivity index (χ0n) is 13.5. The number of ether oxygens (including phenoxy) is 1. The molecule has 2 rings (SSSR count). The van der Waals surface area contributed by atoms with Gasteiger partial charge in [-0.3, -0.25) is 9.69 Å². The molecule has 0 saturated carbocycles. The summed E-state index contributed by atoms with van der Waals surface area (Å²) >= 11 is 0. The smallest absolute Gasteiger partial charge is 0.238 e. The van der Waals surface area contributed by atoms with Gasteiger partial charge in [0.1, 0.15) is 5.75 Å². The van der Waals surface area contributed by atoms with E-state index in [1.165, 1.54) is 0 Å². The van der Waals surface area contributed by atoms with Gasteiger partial charge in [0, 0.05) is 18.3 Å². The van der Waals surface area contributed by atoms with Gasteiger partial charge in [-0.15, -0.1) is 0 Å². The van der Waals surface area contributed by atoms with E-state index in [2.05, 4.69) is 10.2 Å². The fourth-order valence-electron chi connectivity index (χ4n) is 2.87. The van der Waals surface area contributed by atoms with Crippen molar-refractivity contribution in [2.75, 3.05) is 31.6 Å². The molecule has 1 aliphatic heterocycles. The third-order valence-corrected chi connectivity index (χ3v) is 4.10. The zero-order chi connectivity index (χ0) is 15.9. The number of carbonyl (C=O) groups excluding carboxylic acids is 1. The van der Waals surface area contributed by atoms with Gasteiger partial charge in [0.15, 0.2) is 0 Å². The van der Waals surface area contributed by atoms with Crippen LogP contribution in [0.5, 0.6) is 5.75 Å². The first kappa shape index (κ1) is 16.8. The Morgan fingerprint density at radius 1 is 1.45 bits per heavy atom. The largest absolute Gasteiger partial charge is 0.494 e. The van der Waals surface area contributed by atoms with Crippen LogP contribution in [0.1, 0.15) is 26.7 Å². The number of hydrogen-bond donors (Lipinski definition) is 2. The number of likely N-dealkylation sites (tertiary alicyclic amines) is 1. The number of hydrogen-bond acceptors (Lipinski definition) is 4. The first-order chi connectivity index (χ1) is 10.6. The molecule has 5 nitrogen and oxygen atoms in total. The molecule has 2 unspecified atom stereocenters. The Hall–Kier alpha value is -1.59. The van der Waals surface area contributed by atoms with E-state index in [9.17, 15) is 4.79 Å². The summed E-state index contributed by atoms with van der Waals surface area (Å²) in [5.74, 6) is 1.33. The number of benzene rings is 1. The van der Waals surface area contributed by atoms with Crippen LogP contribution in [0.15, 0.2) is 24.3 Å². The number of nitrogens with zero attached hydrogens (tertiary/aromatic N) is 1. The van der Waals surface area contributed by atoms with E-state index in [0.717, 1.165) is 37.4 Å². The zero-order valence-corrected chi connectivity index (χ0v) is 13.5. The van der Waals surface area contributed by atoms with E-state index in [1.54, 1.807) is 0 Å². The van der Waals surface area contributed by atoms with Crippen LogP contribution in [0.3, 0.4) is 0 Å². The molecule has 0 aliphatic carbocycles. The van der Waals surface area contributed by atoms with Crippen LogP contribution < -0.4 is 15.8 Å². The lowest BCUT2D eigenvalue weighted by atomic mass is 9.92. The van der Waals surface area contributed by atoms with E-state index in [-0.39, 0.29) is 11.9 Å². The lowest BCUT2D eigenvalue weighted by Crippen LogP contribution is -2.45. The highest BCUT2D eigenvalue weighted by Gasteiger charge is 2.23. The SMILES string of the molecule is CCOc1ccc(NC(=O)CN2CCCC(C(C)N)C2)cc1. The second-order valence-electron chi connectivity index (χ2n) is 6.00.